The molecule has 2 heterocycles. The van der Waals surface area contributed by atoms with Crippen molar-refractivity contribution in [1.82, 2.24) is 15.3 Å². The van der Waals surface area contributed by atoms with Gasteiger partial charge in [-0.25, -0.2) is 0 Å². The maximum Gasteiger partial charge on any atom is 0.255 e. The molecule has 4 aromatic rings. The Hall–Kier alpha value is -4.06. The minimum atomic E-state index is -0.205. The van der Waals surface area contributed by atoms with Crippen LogP contribution >= 0.6 is 0 Å². The first kappa shape index (κ1) is 21.2. The topological polar surface area (TPSA) is 84.0 Å². The minimum Gasteiger partial charge on any atom is -0.352 e. The summed E-state index contributed by atoms with van der Waals surface area (Å²) in [7, 11) is 0. The van der Waals surface area contributed by atoms with Crippen molar-refractivity contribution in [2.75, 3.05) is 5.32 Å². The molecule has 0 aliphatic rings. The standard InChI is InChI=1S/C26H24N4O2/c1-17-22-8-3-4-9-24(22)29-18(2)23(17)15-25(31)28-16-19-6-5-7-21(14-19)30-26(32)20-10-12-27-13-11-20/h3-14H,15-16H2,1-2H3,(H,28,31)(H,30,32). The van der Waals surface area contributed by atoms with E-state index in [0.29, 0.717) is 17.8 Å². The zero-order chi connectivity index (χ0) is 22.5. The van der Waals surface area contributed by atoms with Crippen molar-refractivity contribution in [2.45, 2.75) is 26.8 Å². The Morgan fingerprint density at radius 2 is 1.72 bits per heavy atom. The number of rotatable bonds is 6. The number of carbonyl (C=O) groups excluding carboxylic acids is 2. The lowest BCUT2D eigenvalue weighted by atomic mass is 9.99. The number of amides is 2. The van der Waals surface area contributed by atoms with Gasteiger partial charge < -0.3 is 10.6 Å². The molecular weight excluding hydrogens is 400 g/mol. The summed E-state index contributed by atoms with van der Waals surface area (Å²) in [6.07, 6.45) is 3.43. The summed E-state index contributed by atoms with van der Waals surface area (Å²) in [5, 5.41) is 6.91. The van der Waals surface area contributed by atoms with Crippen molar-refractivity contribution < 1.29 is 9.59 Å². The SMILES string of the molecule is Cc1nc2ccccc2c(C)c1CC(=O)NCc1cccc(NC(=O)c2ccncc2)c1. The lowest BCUT2D eigenvalue weighted by molar-refractivity contribution is -0.120. The molecule has 0 atom stereocenters. The molecular formula is C26H24N4O2. The number of carbonyl (C=O) groups is 2. The second kappa shape index (κ2) is 9.39. The van der Waals surface area contributed by atoms with Crippen LogP contribution in [-0.4, -0.2) is 21.8 Å². The molecule has 0 fully saturated rings. The average molecular weight is 425 g/mol. The molecule has 0 aliphatic carbocycles. The quantitative estimate of drug-likeness (QED) is 0.482. The van der Waals surface area contributed by atoms with Gasteiger partial charge in [0, 0.05) is 41.3 Å². The van der Waals surface area contributed by atoms with Crippen molar-refractivity contribution in [3.63, 3.8) is 0 Å². The van der Waals surface area contributed by atoms with E-state index in [4.69, 9.17) is 0 Å². The number of pyridine rings is 2. The first-order chi connectivity index (χ1) is 15.5. The molecule has 4 rings (SSSR count). The molecule has 0 radical (unpaired) electrons. The summed E-state index contributed by atoms with van der Waals surface area (Å²) in [5.74, 6) is -0.275. The molecule has 0 saturated carbocycles. The maximum atomic E-state index is 12.7. The van der Waals surface area contributed by atoms with Gasteiger partial charge in [0.15, 0.2) is 0 Å². The number of para-hydroxylation sites is 1. The molecule has 160 valence electrons. The van der Waals surface area contributed by atoms with Gasteiger partial charge in [0.1, 0.15) is 0 Å². The number of hydrogen-bond donors (Lipinski definition) is 2. The van der Waals surface area contributed by atoms with Crippen LogP contribution in [0.1, 0.15) is 32.7 Å². The van der Waals surface area contributed by atoms with E-state index in [2.05, 4.69) is 20.6 Å². The second-order valence-corrected chi connectivity index (χ2v) is 7.66. The number of benzene rings is 2. The van der Waals surface area contributed by atoms with Crippen molar-refractivity contribution in [3.05, 3.63) is 101 Å². The second-order valence-electron chi connectivity index (χ2n) is 7.66. The van der Waals surface area contributed by atoms with Crippen LogP contribution in [0.3, 0.4) is 0 Å². The molecule has 32 heavy (non-hydrogen) atoms. The van der Waals surface area contributed by atoms with Crippen LogP contribution in [-0.2, 0) is 17.8 Å². The fourth-order valence-electron chi connectivity index (χ4n) is 3.72. The molecule has 6 heteroatoms. The van der Waals surface area contributed by atoms with Crippen molar-refractivity contribution in [1.29, 1.82) is 0 Å². The van der Waals surface area contributed by atoms with Crippen LogP contribution in [0.4, 0.5) is 5.69 Å². The van der Waals surface area contributed by atoms with E-state index in [1.807, 2.05) is 62.4 Å². The highest BCUT2D eigenvalue weighted by Crippen LogP contribution is 2.23. The summed E-state index contributed by atoms with van der Waals surface area (Å²) < 4.78 is 0. The number of aromatic nitrogens is 2. The summed E-state index contributed by atoms with van der Waals surface area (Å²) >= 11 is 0. The molecule has 0 saturated heterocycles. The van der Waals surface area contributed by atoms with Crippen molar-refractivity contribution >= 4 is 28.4 Å². The molecule has 0 spiro atoms. The van der Waals surface area contributed by atoms with Crippen LogP contribution in [0.2, 0.25) is 0 Å². The molecule has 2 aromatic carbocycles. The minimum absolute atomic E-state index is 0.0699. The molecule has 0 aliphatic heterocycles. The molecule has 6 nitrogen and oxygen atoms in total. The van der Waals surface area contributed by atoms with Gasteiger partial charge in [-0.3, -0.25) is 19.6 Å². The summed E-state index contributed by atoms with van der Waals surface area (Å²) in [5.41, 5.74) is 5.96. The molecule has 2 aromatic heterocycles. The van der Waals surface area contributed by atoms with E-state index in [9.17, 15) is 9.59 Å². The first-order valence-corrected chi connectivity index (χ1v) is 10.4. The van der Waals surface area contributed by atoms with Crippen LogP contribution in [0.15, 0.2) is 73.1 Å². The van der Waals surface area contributed by atoms with E-state index in [0.717, 1.165) is 33.3 Å². The Kier molecular flexibility index (Phi) is 6.22. The van der Waals surface area contributed by atoms with Crippen LogP contribution in [0, 0.1) is 13.8 Å². The van der Waals surface area contributed by atoms with Crippen LogP contribution < -0.4 is 10.6 Å². The maximum absolute atomic E-state index is 12.7. The van der Waals surface area contributed by atoms with E-state index in [-0.39, 0.29) is 18.2 Å². The highest BCUT2D eigenvalue weighted by Gasteiger charge is 2.13. The van der Waals surface area contributed by atoms with Gasteiger partial charge in [-0.1, -0.05) is 30.3 Å². The number of fused-ring (bicyclic) bond motifs is 1. The number of aryl methyl sites for hydroxylation is 2. The van der Waals surface area contributed by atoms with Gasteiger partial charge in [0.25, 0.3) is 5.91 Å². The zero-order valence-electron chi connectivity index (χ0n) is 18.1. The fraction of sp³-hybridized carbons (Fsp3) is 0.154. The Bertz CT molecular complexity index is 1290. The highest BCUT2D eigenvalue weighted by atomic mass is 16.2. The lowest BCUT2D eigenvalue weighted by Gasteiger charge is -2.13. The number of nitrogens with zero attached hydrogens (tertiary/aromatic N) is 2. The third kappa shape index (κ3) is 4.81. The van der Waals surface area contributed by atoms with Crippen molar-refractivity contribution in [2.24, 2.45) is 0 Å². The third-order valence-corrected chi connectivity index (χ3v) is 5.44. The van der Waals surface area contributed by atoms with Crippen LogP contribution in [0.25, 0.3) is 10.9 Å². The number of nitrogens with one attached hydrogen (secondary N) is 2. The number of anilines is 1. The molecule has 0 unspecified atom stereocenters. The normalized spacial score (nSPS) is 10.7. The zero-order valence-corrected chi connectivity index (χ0v) is 18.1. The Morgan fingerprint density at radius 3 is 2.53 bits per heavy atom. The Balaban J connectivity index is 1.40. The van der Waals surface area contributed by atoms with E-state index < -0.39 is 0 Å². The van der Waals surface area contributed by atoms with Gasteiger partial charge >= 0.3 is 0 Å². The average Bonchev–Trinajstić information content (AvgIpc) is 2.81. The first-order valence-electron chi connectivity index (χ1n) is 10.4. The van der Waals surface area contributed by atoms with Gasteiger partial charge in [-0.2, -0.15) is 0 Å². The van der Waals surface area contributed by atoms with Crippen molar-refractivity contribution in [3.8, 4) is 0 Å². The lowest BCUT2D eigenvalue weighted by Crippen LogP contribution is -2.25. The fourth-order valence-corrected chi connectivity index (χ4v) is 3.72. The smallest absolute Gasteiger partial charge is 0.255 e. The predicted octanol–water partition coefficient (Wildman–Crippen LogP) is 4.36. The predicted molar refractivity (Wildman–Crippen MR) is 125 cm³/mol. The van der Waals surface area contributed by atoms with E-state index in [1.54, 1.807) is 24.5 Å². The van der Waals surface area contributed by atoms with Gasteiger partial charge in [0.05, 0.1) is 11.9 Å². The highest BCUT2D eigenvalue weighted by molar-refractivity contribution is 6.04. The third-order valence-electron chi connectivity index (χ3n) is 5.44. The number of hydrogen-bond acceptors (Lipinski definition) is 4. The van der Waals surface area contributed by atoms with Gasteiger partial charge in [0.2, 0.25) is 5.91 Å². The molecule has 0 bridgehead atoms. The monoisotopic (exact) mass is 424 g/mol. The summed E-state index contributed by atoms with van der Waals surface area (Å²) in [6.45, 7) is 4.35. The van der Waals surface area contributed by atoms with Gasteiger partial charge in [-0.15, -0.1) is 0 Å². The molecule has 2 N–H and O–H groups in total. The Labute approximate surface area is 186 Å². The van der Waals surface area contributed by atoms with E-state index in [1.165, 1.54) is 0 Å². The summed E-state index contributed by atoms with van der Waals surface area (Å²) in [4.78, 5) is 33.6. The summed E-state index contributed by atoms with van der Waals surface area (Å²) in [6, 6.07) is 18.7. The largest absolute Gasteiger partial charge is 0.352 e. The molecule has 2 amide bonds. The van der Waals surface area contributed by atoms with Crippen LogP contribution in [0.5, 0.6) is 0 Å². The van der Waals surface area contributed by atoms with E-state index >= 15 is 0 Å². The van der Waals surface area contributed by atoms with Gasteiger partial charge in [-0.05, 0) is 60.9 Å². The Morgan fingerprint density at radius 1 is 0.938 bits per heavy atom.